The van der Waals surface area contributed by atoms with Crippen LogP contribution >= 0.6 is 9.47 Å². The second-order valence-corrected chi connectivity index (χ2v) is 6.08. The molecule has 130 valence electrons. The van der Waals surface area contributed by atoms with Crippen molar-refractivity contribution >= 4 is 21.5 Å². The fourth-order valence-corrected chi connectivity index (χ4v) is 2.79. The molecule has 1 fully saturated rings. The quantitative estimate of drug-likeness (QED) is 0.601. The third-order valence-electron chi connectivity index (χ3n) is 3.80. The number of benzene rings is 1. The molecule has 1 aliphatic heterocycles. The van der Waals surface area contributed by atoms with Gasteiger partial charge in [0.15, 0.2) is 0 Å². The molecule has 0 bridgehead atoms. The van der Waals surface area contributed by atoms with Crippen molar-refractivity contribution in [1.29, 1.82) is 0 Å². The van der Waals surface area contributed by atoms with Gasteiger partial charge >= 0.3 is 6.09 Å². The Morgan fingerprint density at radius 2 is 2.21 bits per heavy atom. The van der Waals surface area contributed by atoms with E-state index in [1.54, 1.807) is 6.08 Å². The van der Waals surface area contributed by atoms with E-state index in [1.165, 1.54) is 0 Å². The van der Waals surface area contributed by atoms with Crippen LogP contribution in [-0.2, 0) is 20.5 Å². The van der Waals surface area contributed by atoms with E-state index < -0.39 is 24.1 Å². The molecular formula is C17H22NO5P. The van der Waals surface area contributed by atoms with Crippen LogP contribution < -0.4 is 0 Å². The van der Waals surface area contributed by atoms with Crippen LogP contribution in [-0.4, -0.2) is 47.4 Å². The van der Waals surface area contributed by atoms with Crippen molar-refractivity contribution in [2.24, 2.45) is 0 Å². The SMILES string of the molecule is C/C(=C/CC(O)C(=O)N1C(=O)OC[C@@H]1Cc1ccccc1)COP. The molecule has 2 amide bonds. The number of amides is 2. The molecule has 0 aliphatic carbocycles. The highest BCUT2D eigenvalue weighted by Gasteiger charge is 2.40. The fourth-order valence-electron chi connectivity index (χ4n) is 2.53. The summed E-state index contributed by atoms with van der Waals surface area (Å²) in [5.41, 5.74) is 1.89. The molecule has 3 atom stereocenters. The van der Waals surface area contributed by atoms with Gasteiger partial charge in [-0.05, 0) is 18.9 Å². The minimum atomic E-state index is -1.28. The van der Waals surface area contributed by atoms with Crippen LogP contribution in [0.5, 0.6) is 0 Å². The van der Waals surface area contributed by atoms with Gasteiger partial charge in [-0.25, -0.2) is 9.69 Å². The third kappa shape index (κ3) is 4.87. The van der Waals surface area contributed by atoms with Gasteiger partial charge in [-0.15, -0.1) is 0 Å². The second kappa shape index (κ2) is 8.92. The summed E-state index contributed by atoms with van der Waals surface area (Å²) in [5.74, 6) is -0.630. The van der Waals surface area contributed by atoms with Crippen LogP contribution in [0.3, 0.4) is 0 Å². The van der Waals surface area contributed by atoms with Crippen molar-refractivity contribution in [2.75, 3.05) is 13.2 Å². The van der Waals surface area contributed by atoms with E-state index >= 15 is 0 Å². The Labute approximate surface area is 143 Å². The summed E-state index contributed by atoms with van der Waals surface area (Å²) >= 11 is 0. The number of nitrogens with zero attached hydrogens (tertiary/aromatic N) is 1. The zero-order valence-electron chi connectivity index (χ0n) is 13.6. The van der Waals surface area contributed by atoms with E-state index in [0.29, 0.717) is 13.0 Å². The van der Waals surface area contributed by atoms with Crippen molar-refractivity contribution in [2.45, 2.75) is 31.9 Å². The van der Waals surface area contributed by atoms with Gasteiger partial charge in [0, 0.05) is 15.9 Å². The number of carbonyl (C=O) groups excluding carboxylic acids is 2. The Kier molecular flexibility index (Phi) is 6.91. The fraction of sp³-hybridized carbons (Fsp3) is 0.412. The van der Waals surface area contributed by atoms with Gasteiger partial charge in [0.2, 0.25) is 0 Å². The van der Waals surface area contributed by atoms with Gasteiger partial charge in [0.05, 0.1) is 12.6 Å². The second-order valence-electron chi connectivity index (χ2n) is 5.74. The van der Waals surface area contributed by atoms with E-state index in [9.17, 15) is 14.7 Å². The molecule has 24 heavy (non-hydrogen) atoms. The number of aliphatic hydroxyl groups is 1. The molecular weight excluding hydrogens is 329 g/mol. The number of aliphatic hydroxyl groups excluding tert-OH is 1. The van der Waals surface area contributed by atoms with Gasteiger partial charge in [-0.3, -0.25) is 4.79 Å². The number of hydrogen-bond acceptors (Lipinski definition) is 5. The lowest BCUT2D eigenvalue weighted by molar-refractivity contribution is -0.137. The van der Waals surface area contributed by atoms with Crippen LogP contribution in [0.1, 0.15) is 18.9 Å². The van der Waals surface area contributed by atoms with Gasteiger partial charge in [-0.1, -0.05) is 42.0 Å². The molecule has 1 aliphatic rings. The Balaban J connectivity index is 2.02. The predicted molar refractivity (Wildman–Crippen MR) is 92.2 cm³/mol. The highest BCUT2D eigenvalue weighted by Crippen LogP contribution is 2.19. The summed E-state index contributed by atoms with van der Waals surface area (Å²) in [4.78, 5) is 25.4. The number of cyclic esters (lactones) is 1. The van der Waals surface area contributed by atoms with Crippen molar-refractivity contribution in [3.05, 3.63) is 47.5 Å². The first-order valence-electron chi connectivity index (χ1n) is 7.72. The lowest BCUT2D eigenvalue weighted by atomic mass is 10.0. The summed E-state index contributed by atoms with van der Waals surface area (Å²) in [5, 5.41) is 10.1. The van der Waals surface area contributed by atoms with Gasteiger partial charge in [-0.2, -0.15) is 0 Å². The summed E-state index contributed by atoms with van der Waals surface area (Å²) < 4.78 is 9.90. The summed E-state index contributed by atoms with van der Waals surface area (Å²) in [7, 11) is 2.14. The molecule has 0 saturated carbocycles. The average molecular weight is 351 g/mol. The maximum Gasteiger partial charge on any atom is 0.417 e. The van der Waals surface area contributed by atoms with Gasteiger partial charge in [0.1, 0.15) is 12.7 Å². The Morgan fingerprint density at radius 1 is 1.50 bits per heavy atom. The first-order valence-corrected chi connectivity index (χ1v) is 8.19. The topological polar surface area (TPSA) is 76.1 Å². The predicted octanol–water partition coefficient (Wildman–Crippen LogP) is 2.08. The lowest BCUT2D eigenvalue weighted by Crippen LogP contribution is -2.45. The third-order valence-corrected chi connectivity index (χ3v) is 3.96. The number of ether oxygens (including phenoxy) is 1. The number of imide groups is 1. The average Bonchev–Trinajstić information content (AvgIpc) is 2.93. The molecule has 0 radical (unpaired) electrons. The highest BCUT2D eigenvalue weighted by molar-refractivity contribution is 7.09. The Morgan fingerprint density at radius 3 is 2.88 bits per heavy atom. The summed E-state index contributed by atoms with van der Waals surface area (Å²) in [6.45, 7) is 2.37. The molecule has 0 spiro atoms. The molecule has 0 aromatic heterocycles. The number of carbonyl (C=O) groups is 2. The zero-order valence-corrected chi connectivity index (χ0v) is 14.7. The molecule has 6 nitrogen and oxygen atoms in total. The monoisotopic (exact) mass is 351 g/mol. The molecule has 2 rings (SSSR count). The Hall–Kier alpha value is -1.75. The van der Waals surface area contributed by atoms with Crippen molar-refractivity contribution in [1.82, 2.24) is 4.90 Å². The van der Waals surface area contributed by atoms with Crippen molar-refractivity contribution < 1.29 is 24.0 Å². The van der Waals surface area contributed by atoms with E-state index in [-0.39, 0.29) is 13.0 Å². The smallest absolute Gasteiger partial charge is 0.417 e. The molecule has 7 heteroatoms. The normalized spacial score (nSPS) is 19.3. The molecule has 2 unspecified atom stereocenters. The molecule has 1 N–H and O–H groups in total. The summed E-state index contributed by atoms with van der Waals surface area (Å²) in [6.07, 6.45) is 0.365. The van der Waals surface area contributed by atoms with Crippen LogP contribution in [0.2, 0.25) is 0 Å². The lowest BCUT2D eigenvalue weighted by Gasteiger charge is -2.22. The standard InChI is InChI=1S/C17H22NO5P/c1-12(10-23-24)7-8-15(19)16(20)18-14(11-22-17(18)21)9-13-5-3-2-4-6-13/h2-7,14-15,19H,8-11,24H2,1H3/b12-7-/t14-,15?/m0/s1. The largest absolute Gasteiger partial charge is 0.447 e. The first-order chi connectivity index (χ1) is 11.5. The molecule has 1 saturated heterocycles. The van der Waals surface area contributed by atoms with E-state index in [0.717, 1.165) is 16.0 Å². The highest BCUT2D eigenvalue weighted by atomic mass is 31.0. The zero-order chi connectivity index (χ0) is 17.5. The number of rotatable bonds is 7. The Bertz CT molecular complexity index is 604. The summed E-state index contributed by atoms with van der Waals surface area (Å²) in [6, 6.07) is 9.15. The maximum atomic E-state index is 12.4. The molecule has 1 aromatic rings. The van der Waals surface area contributed by atoms with Gasteiger partial charge in [0.25, 0.3) is 5.91 Å². The van der Waals surface area contributed by atoms with Crippen molar-refractivity contribution in [3.63, 3.8) is 0 Å². The number of hydrogen-bond donors (Lipinski definition) is 1. The van der Waals surface area contributed by atoms with Gasteiger partial charge < -0.3 is 14.4 Å². The van der Waals surface area contributed by atoms with E-state index in [4.69, 9.17) is 9.26 Å². The molecule has 1 aromatic carbocycles. The molecule has 1 heterocycles. The van der Waals surface area contributed by atoms with E-state index in [2.05, 4.69) is 9.47 Å². The first kappa shape index (κ1) is 18.6. The maximum absolute atomic E-state index is 12.4. The van der Waals surface area contributed by atoms with E-state index in [1.807, 2.05) is 37.3 Å². The minimum absolute atomic E-state index is 0.126. The van der Waals surface area contributed by atoms with Crippen LogP contribution in [0.25, 0.3) is 0 Å². The van der Waals surface area contributed by atoms with Crippen molar-refractivity contribution in [3.8, 4) is 0 Å². The van der Waals surface area contributed by atoms with Crippen LogP contribution in [0.15, 0.2) is 42.0 Å². The minimum Gasteiger partial charge on any atom is -0.447 e. The van der Waals surface area contributed by atoms with Crippen LogP contribution in [0, 0.1) is 0 Å². The van der Waals surface area contributed by atoms with Crippen LogP contribution in [0.4, 0.5) is 4.79 Å².